The molecule has 1 saturated heterocycles. The number of benzene rings is 1. The second kappa shape index (κ2) is 5.27. The van der Waals surface area contributed by atoms with Crippen molar-refractivity contribution in [1.82, 2.24) is 9.97 Å². The molecule has 0 saturated carbocycles. The van der Waals surface area contributed by atoms with Gasteiger partial charge in [0.05, 0.1) is 0 Å². The molecule has 1 aromatic heterocycles. The highest BCUT2D eigenvalue weighted by atomic mass is 15.3. The summed E-state index contributed by atoms with van der Waals surface area (Å²) in [5.74, 6) is 1.93. The van der Waals surface area contributed by atoms with Gasteiger partial charge >= 0.3 is 0 Å². The highest BCUT2D eigenvalue weighted by Gasteiger charge is 2.28. The van der Waals surface area contributed by atoms with Crippen molar-refractivity contribution in [2.45, 2.75) is 39.2 Å². The second-order valence-electron chi connectivity index (χ2n) is 6.41. The summed E-state index contributed by atoms with van der Waals surface area (Å²) in [6, 6.07) is 11.2. The van der Waals surface area contributed by atoms with Crippen LogP contribution in [0, 0.1) is 6.92 Å². The average molecular weight is 294 g/mol. The molecule has 22 heavy (non-hydrogen) atoms. The summed E-state index contributed by atoms with van der Waals surface area (Å²) >= 11 is 0. The van der Waals surface area contributed by atoms with Gasteiger partial charge in [-0.15, -0.1) is 0 Å². The lowest BCUT2D eigenvalue weighted by molar-refractivity contribution is 0.745. The Labute approximate surface area is 131 Å². The van der Waals surface area contributed by atoms with E-state index in [2.05, 4.69) is 59.0 Å². The minimum atomic E-state index is 0.443. The normalized spacial score (nSPS) is 20.5. The maximum Gasteiger partial charge on any atom is 0.227 e. The lowest BCUT2D eigenvalue weighted by Gasteiger charge is -2.26. The zero-order valence-electron chi connectivity index (χ0n) is 13.3. The molecule has 0 aliphatic carbocycles. The molecule has 1 fully saturated rings. The fourth-order valence-corrected chi connectivity index (χ4v) is 3.63. The quantitative estimate of drug-likeness (QED) is 0.849. The van der Waals surface area contributed by atoms with Crippen molar-refractivity contribution in [3.8, 4) is 0 Å². The van der Waals surface area contributed by atoms with E-state index in [0.717, 1.165) is 37.0 Å². The Morgan fingerprint density at radius 3 is 2.68 bits per heavy atom. The number of fused-ring (bicyclic) bond motifs is 1. The van der Waals surface area contributed by atoms with Gasteiger partial charge in [-0.2, -0.15) is 4.98 Å². The third kappa shape index (κ3) is 2.23. The van der Waals surface area contributed by atoms with Gasteiger partial charge in [-0.1, -0.05) is 18.2 Å². The summed E-state index contributed by atoms with van der Waals surface area (Å²) in [6.45, 7) is 6.49. The number of rotatable bonds is 2. The summed E-state index contributed by atoms with van der Waals surface area (Å²) in [7, 11) is 0. The van der Waals surface area contributed by atoms with Crippen LogP contribution in [-0.4, -0.2) is 29.1 Å². The summed E-state index contributed by atoms with van der Waals surface area (Å²) in [4.78, 5) is 14.2. The fraction of sp³-hybridized carbons (Fsp3) is 0.444. The monoisotopic (exact) mass is 294 g/mol. The van der Waals surface area contributed by atoms with Crippen LogP contribution in [0.25, 0.3) is 0 Å². The van der Waals surface area contributed by atoms with E-state index in [1.807, 2.05) is 0 Å². The molecule has 0 amide bonds. The maximum absolute atomic E-state index is 4.89. The molecule has 114 valence electrons. The first kappa shape index (κ1) is 13.6. The molecule has 4 rings (SSSR count). The molecule has 2 aromatic rings. The van der Waals surface area contributed by atoms with Gasteiger partial charge in [0.15, 0.2) is 0 Å². The molecule has 0 N–H and O–H groups in total. The van der Waals surface area contributed by atoms with Crippen molar-refractivity contribution in [3.05, 3.63) is 41.6 Å². The smallest absolute Gasteiger partial charge is 0.227 e. The predicted molar refractivity (Wildman–Crippen MR) is 90.0 cm³/mol. The Kier molecular flexibility index (Phi) is 3.25. The van der Waals surface area contributed by atoms with Crippen LogP contribution in [0.1, 0.15) is 31.0 Å². The molecule has 0 spiro atoms. The first-order valence-electron chi connectivity index (χ1n) is 8.20. The van der Waals surface area contributed by atoms with Gasteiger partial charge in [0.25, 0.3) is 0 Å². The van der Waals surface area contributed by atoms with Crippen molar-refractivity contribution in [2.75, 3.05) is 22.9 Å². The lowest BCUT2D eigenvalue weighted by atomic mass is 10.1. The van der Waals surface area contributed by atoms with Crippen molar-refractivity contribution in [3.63, 3.8) is 0 Å². The summed E-state index contributed by atoms with van der Waals surface area (Å²) < 4.78 is 0. The molecule has 2 aliphatic rings. The number of hydrogen-bond acceptors (Lipinski definition) is 4. The van der Waals surface area contributed by atoms with E-state index >= 15 is 0 Å². The summed E-state index contributed by atoms with van der Waals surface area (Å²) in [5.41, 5.74) is 3.75. The molecule has 1 unspecified atom stereocenters. The summed E-state index contributed by atoms with van der Waals surface area (Å²) in [6.07, 6.45) is 3.57. The van der Waals surface area contributed by atoms with E-state index in [1.54, 1.807) is 0 Å². The molecular weight excluding hydrogens is 272 g/mol. The topological polar surface area (TPSA) is 32.3 Å². The highest BCUT2D eigenvalue weighted by Crippen LogP contribution is 2.37. The van der Waals surface area contributed by atoms with E-state index in [4.69, 9.17) is 4.98 Å². The predicted octanol–water partition coefficient (Wildman–Crippen LogP) is 3.47. The Balaban J connectivity index is 1.76. The SMILES string of the molecule is Cc1cc(N2c3ccccc3CC2C)nc(N2CCCC2)n1. The molecule has 4 nitrogen and oxygen atoms in total. The van der Waals surface area contributed by atoms with Crippen molar-refractivity contribution in [1.29, 1.82) is 0 Å². The Bertz CT molecular complexity index is 691. The minimum Gasteiger partial charge on any atom is -0.341 e. The number of hydrogen-bond donors (Lipinski definition) is 0. The van der Waals surface area contributed by atoms with E-state index in [-0.39, 0.29) is 0 Å². The Morgan fingerprint density at radius 2 is 1.86 bits per heavy atom. The third-order valence-electron chi connectivity index (χ3n) is 4.67. The Morgan fingerprint density at radius 1 is 1.09 bits per heavy atom. The van der Waals surface area contributed by atoms with Gasteiger partial charge in [0, 0.05) is 36.6 Å². The molecule has 3 heterocycles. The number of aryl methyl sites for hydroxylation is 1. The van der Waals surface area contributed by atoms with Crippen LogP contribution in [-0.2, 0) is 6.42 Å². The lowest BCUT2D eigenvalue weighted by Crippen LogP contribution is -2.27. The fourth-order valence-electron chi connectivity index (χ4n) is 3.63. The molecule has 1 aromatic carbocycles. The average Bonchev–Trinajstić information content (AvgIpc) is 3.13. The van der Waals surface area contributed by atoms with E-state index < -0.39 is 0 Å². The van der Waals surface area contributed by atoms with E-state index in [0.29, 0.717) is 6.04 Å². The molecular formula is C18H22N4. The number of aromatic nitrogens is 2. The standard InChI is InChI=1S/C18H22N4/c1-13-11-17(20-18(19-13)21-9-5-6-10-21)22-14(2)12-15-7-3-4-8-16(15)22/h3-4,7-8,11,14H,5-6,9-10,12H2,1-2H3. The van der Waals surface area contributed by atoms with Crippen molar-refractivity contribution in [2.24, 2.45) is 0 Å². The van der Waals surface area contributed by atoms with Gasteiger partial charge in [0.2, 0.25) is 5.95 Å². The first-order valence-corrected chi connectivity index (χ1v) is 8.20. The zero-order chi connectivity index (χ0) is 15.1. The van der Waals surface area contributed by atoms with Crippen LogP contribution >= 0.6 is 0 Å². The van der Waals surface area contributed by atoms with Crippen LogP contribution < -0.4 is 9.80 Å². The van der Waals surface area contributed by atoms with Crippen LogP contribution in [0.15, 0.2) is 30.3 Å². The van der Waals surface area contributed by atoms with Gasteiger partial charge in [-0.3, -0.25) is 0 Å². The van der Waals surface area contributed by atoms with Gasteiger partial charge in [-0.05, 0) is 44.7 Å². The third-order valence-corrected chi connectivity index (χ3v) is 4.67. The number of para-hydroxylation sites is 1. The number of nitrogens with zero attached hydrogens (tertiary/aromatic N) is 4. The molecule has 0 radical (unpaired) electrons. The molecule has 4 heteroatoms. The number of anilines is 3. The Hall–Kier alpha value is -2.10. The second-order valence-corrected chi connectivity index (χ2v) is 6.41. The minimum absolute atomic E-state index is 0.443. The van der Waals surface area contributed by atoms with Gasteiger partial charge < -0.3 is 9.80 Å². The van der Waals surface area contributed by atoms with E-state index in [9.17, 15) is 0 Å². The van der Waals surface area contributed by atoms with Crippen LogP contribution in [0.2, 0.25) is 0 Å². The summed E-state index contributed by atoms with van der Waals surface area (Å²) in [5, 5.41) is 0. The first-order chi connectivity index (χ1) is 10.7. The van der Waals surface area contributed by atoms with Crippen LogP contribution in [0.3, 0.4) is 0 Å². The molecule has 1 atom stereocenters. The van der Waals surface area contributed by atoms with Gasteiger partial charge in [-0.25, -0.2) is 4.98 Å². The largest absolute Gasteiger partial charge is 0.341 e. The molecule has 0 bridgehead atoms. The van der Waals surface area contributed by atoms with Crippen molar-refractivity contribution >= 4 is 17.5 Å². The maximum atomic E-state index is 4.89. The van der Waals surface area contributed by atoms with Gasteiger partial charge in [0.1, 0.15) is 5.82 Å². The molecule has 2 aliphatic heterocycles. The van der Waals surface area contributed by atoms with E-state index in [1.165, 1.54) is 24.1 Å². The highest BCUT2D eigenvalue weighted by molar-refractivity contribution is 5.69. The van der Waals surface area contributed by atoms with Crippen molar-refractivity contribution < 1.29 is 0 Å². The van der Waals surface area contributed by atoms with Crippen LogP contribution in [0.4, 0.5) is 17.5 Å². The zero-order valence-corrected chi connectivity index (χ0v) is 13.3. The van der Waals surface area contributed by atoms with Crippen LogP contribution in [0.5, 0.6) is 0 Å².